The fraction of sp³-hybridized carbons (Fsp3) is 0.0143. The van der Waals surface area contributed by atoms with Gasteiger partial charge in [0.25, 0.3) is 0 Å². The lowest BCUT2D eigenvalue weighted by Gasteiger charge is -2.34. The van der Waals surface area contributed by atoms with Gasteiger partial charge in [-0.2, -0.15) is 0 Å². The summed E-state index contributed by atoms with van der Waals surface area (Å²) in [5.74, 6) is 0.0934. The Morgan fingerprint density at radius 2 is 0.865 bits per heavy atom. The first-order valence-corrected chi connectivity index (χ1v) is 23.9. The van der Waals surface area contributed by atoms with Gasteiger partial charge in [0, 0.05) is 27.5 Å². The highest BCUT2D eigenvalue weighted by molar-refractivity contribution is 6.26. The van der Waals surface area contributed by atoms with E-state index in [4.69, 9.17) is 30.3 Å². The molecular formula is C70H43N3O. The van der Waals surface area contributed by atoms with Crippen LogP contribution in [0.2, 0.25) is 0 Å². The Labute approximate surface area is 451 Å². The molecule has 0 amide bonds. The van der Waals surface area contributed by atoms with Crippen molar-refractivity contribution < 1.29 is 27.7 Å². The summed E-state index contributed by atoms with van der Waals surface area (Å²) in [5.41, 5.74) is 5.80. The maximum atomic E-state index is 10.1. The number of hydrogen-bond donors (Lipinski definition) is 0. The van der Waals surface area contributed by atoms with Crippen molar-refractivity contribution in [3.8, 4) is 67.5 Å². The first kappa shape index (κ1) is 28.3. The lowest BCUT2D eigenvalue weighted by atomic mass is 9.67. The molecule has 0 aliphatic heterocycles. The molecule has 0 unspecified atom stereocenters. The number of aromatic nitrogens is 3. The summed E-state index contributed by atoms with van der Waals surface area (Å²) < 4.78 is 165. The maximum Gasteiger partial charge on any atom is 0.164 e. The molecule has 0 N–H and O–H groups in total. The molecule has 0 radical (unpaired) electrons. The van der Waals surface area contributed by atoms with Crippen LogP contribution < -0.4 is 0 Å². The van der Waals surface area contributed by atoms with E-state index in [2.05, 4.69) is 42.5 Å². The van der Waals surface area contributed by atoms with Gasteiger partial charge in [0.15, 0.2) is 17.5 Å². The Bertz CT molecular complexity index is 5490. The Hall–Kier alpha value is -9.77. The van der Waals surface area contributed by atoms with Crippen LogP contribution in [0.15, 0.2) is 265 Å². The molecule has 1 aliphatic rings. The van der Waals surface area contributed by atoms with E-state index in [1.807, 2.05) is 115 Å². The van der Waals surface area contributed by atoms with Crippen molar-refractivity contribution in [1.29, 1.82) is 0 Å². The van der Waals surface area contributed by atoms with E-state index < -0.39 is 157 Å². The monoisotopic (exact) mass is 958 g/mol. The molecule has 0 saturated heterocycles. The predicted molar refractivity (Wildman–Crippen MR) is 304 cm³/mol. The average Bonchev–Trinajstić information content (AvgIpc) is 1.46. The Morgan fingerprint density at radius 3 is 1.57 bits per heavy atom. The van der Waals surface area contributed by atoms with Gasteiger partial charge in [-0.15, -0.1) is 0 Å². The Morgan fingerprint density at radius 1 is 0.324 bits per heavy atom. The minimum Gasteiger partial charge on any atom is -0.456 e. The summed E-state index contributed by atoms with van der Waals surface area (Å²) in [4.78, 5) is 15.2. The molecular weight excluding hydrogens is 899 g/mol. The number of rotatable bonds is 7. The SMILES string of the molecule is [2H]c1c([2H])c(-c2c([2H])c([2H])c3c4c([2H])c([2H])c([2H])c([2H])c4c4c([2H])c([2H])c([2H])c([2H])c4c3c2[2H])c2c(oc3c([2H])c(-c4nc(-c5cccc(-c6ccccc6)c5)nc(-c5ccc6c(c5)C(c5ccccc5)(c5ccccc5)c5ccccc5-6)n4)c([2H])c([2H])c32)c1[2H]. The third kappa shape index (κ3) is 6.45. The van der Waals surface area contributed by atoms with Crippen LogP contribution in [0.5, 0.6) is 0 Å². The van der Waals surface area contributed by atoms with E-state index in [1.165, 1.54) is 0 Å². The van der Waals surface area contributed by atoms with E-state index in [-0.39, 0.29) is 39.2 Å². The van der Waals surface area contributed by atoms with Crippen molar-refractivity contribution in [1.82, 2.24) is 15.0 Å². The Kier molecular flexibility index (Phi) is 6.38. The fourth-order valence-corrected chi connectivity index (χ4v) is 10.8. The summed E-state index contributed by atoms with van der Waals surface area (Å²) in [6.45, 7) is 0. The van der Waals surface area contributed by atoms with Crippen molar-refractivity contribution in [2.24, 2.45) is 0 Å². The Balaban J connectivity index is 1.01. The zero-order chi connectivity index (χ0) is 63.5. The molecule has 1 aliphatic carbocycles. The van der Waals surface area contributed by atoms with Gasteiger partial charge in [-0.1, -0.05) is 224 Å². The predicted octanol–water partition coefficient (Wildman–Crippen LogP) is 17.9. The third-order valence-corrected chi connectivity index (χ3v) is 14.1. The first-order chi connectivity index (χ1) is 43.8. The van der Waals surface area contributed by atoms with Gasteiger partial charge in [-0.3, -0.25) is 0 Å². The van der Waals surface area contributed by atoms with Gasteiger partial charge < -0.3 is 4.42 Å². The van der Waals surface area contributed by atoms with E-state index in [0.717, 1.165) is 44.5 Å². The zero-order valence-corrected chi connectivity index (χ0v) is 38.8. The zero-order valence-electron chi connectivity index (χ0n) is 55.8. The van der Waals surface area contributed by atoms with Gasteiger partial charge in [-0.05, 0) is 124 Å². The molecule has 15 rings (SSSR count). The molecule has 344 valence electrons. The number of furan rings is 1. The molecule has 12 aromatic carbocycles. The van der Waals surface area contributed by atoms with Crippen LogP contribution in [0.3, 0.4) is 0 Å². The van der Waals surface area contributed by atoms with Crippen molar-refractivity contribution >= 4 is 54.3 Å². The van der Waals surface area contributed by atoms with Crippen LogP contribution in [-0.4, -0.2) is 15.0 Å². The highest BCUT2D eigenvalue weighted by Gasteiger charge is 2.46. The summed E-state index contributed by atoms with van der Waals surface area (Å²) >= 11 is 0. The molecule has 0 spiro atoms. The van der Waals surface area contributed by atoms with E-state index in [9.17, 15) is 12.3 Å². The average molecular weight is 959 g/mol. The van der Waals surface area contributed by atoms with Crippen LogP contribution in [0.25, 0.3) is 122 Å². The quantitative estimate of drug-likeness (QED) is 0.149. The molecule has 74 heavy (non-hydrogen) atoms. The summed E-state index contributed by atoms with van der Waals surface area (Å²) in [7, 11) is 0. The van der Waals surface area contributed by atoms with Gasteiger partial charge in [0.1, 0.15) is 11.2 Å². The first-order valence-electron chi connectivity index (χ1n) is 32.4. The van der Waals surface area contributed by atoms with Gasteiger partial charge >= 0.3 is 0 Å². The lowest BCUT2D eigenvalue weighted by molar-refractivity contribution is 0.669. The number of benzene rings is 12. The normalized spacial score (nSPS) is 15.9. The lowest BCUT2D eigenvalue weighted by Crippen LogP contribution is -2.28. The number of fused-ring (bicyclic) bond motifs is 12. The van der Waals surface area contributed by atoms with Crippen LogP contribution in [-0.2, 0) is 5.41 Å². The molecule has 14 aromatic rings. The molecule has 4 nitrogen and oxygen atoms in total. The van der Waals surface area contributed by atoms with E-state index in [0.29, 0.717) is 11.1 Å². The van der Waals surface area contributed by atoms with Crippen molar-refractivity contribution in [2.45, 2.75) is 5.41 Å². The van der Waals surface area contributed by atoms with Crippen LogP contribution in [0.4, 0.5) is 0 Å². The summed E-state index contributed by atoms with van der Waals surface area (Å²) in [5, 5.41) is -3.13. The topological polar surface area (TPSA) is 51.8 Å². The summed E-state index contributed by atoms with van der Waals surface area (Å²) in [6.07, 6.45) is 0. The fourth-order valence-electron chi connectivity index (χ4n) is 10.8. The van der Waals surface area contributed by atoms with Crippen LogP contribution >= 0.6 is 0 Å². The van der Waals surface area contributed by atoms with Crippen molar-refractivity contribution in [2.75, 3.05) is 0 Å². The molecule has 4 heteroatoms. The minimum absolute atomic E-state index is 0.150. The van der Waals surface area contributed by atoms with E-state index >= 15 is 0 Å². The second kappa shape index (κ2) is 16.7. The number of nitrogens with zero attached hydrogens (tertiary/aromatic N) is 3. The molecule has 0 fully saturated rings. The smallest absolute Gasteiger partial charge is 0.164 e. The van der Waals surface area contributed by atoms with Crippen LogP contribution in [0, 0.1) is 0 Å². The maximum absolute atomic E-state index is 10.1. The second-order valence-electron chi connectivity index (χ2n) is 18.1. The standard InChI is InChI=1S/C70H43N3O/c1-4-18-44(19-5-1)45-20-16-21-47(40-45)67-71-68(48-35-38-59-58-30-14-15-32-62(58)70(63(59)42-48,50-22-6-2-7-23-50)51-24-8-3-9-25-51)73-69(72-67)49-36-39-60-65(43-49)74-64-33-17-31-52(66(60)64)46-34-37-57-55-28-11-10-26-53(55)54-27-12-13-29-56(54)61(57)41-46/h1-43H/i10D,11D,12D,13D,17D,26D,27D,28D,29D,31D,33D,34D,36D,37D,39D,41D,43D. The largest absolute Gasteiger partial charge is 0.456 e. The highest BCUT2D eigenvalue weighted by atomic mass is 16.3. The molecule has 0 bridgehead atoms. The van der Waals surface area contributed by atoms with Crippen molar-refractivity contribution in [3.63, 3.8) is 0 Å². The van der Waals surface area contributed by atoms with Gasteiger partial charge in [-0.25, -0.2) is 15.0 Å². The van der Waals surface area contributed by atoms with E-state index in [1.54, 1.807) is 0 Å². The second-order valence-corrected chi connectivity index (χ2v) is 18.1. The van der Waals surface area contributed by atoms with Gasteiger partial charge in [0.05, 0.1) is 28.7 Å². The molecule has 0 atom stereocenters. The highest BCUT2D eigenvalue weighted by Crippen LogP contribution is 2.56. The summed E-state index contributed by atoms with van der Waals surface area (Å²) in [6, 6.07) is 39.7. The third-order valence-electron chi connectivity index (χ3n) is 14.1. The number of hydrogen-bond acceptors (Lipinski definition) is 4. The van der Waals surface area contributed by atoms with Gasteiger partial charge in [0.2, 0.25) is 0 Å². The molecule has 0 saturated carbocycles. The van der Waals surface area contributed by atoms with Crippen LogP contribution in [0.1, 0.15) is 45.6 Å². The molecule has 2 aromatic heterocycles. The minimum atomic E-state index is -0.824. The van der Waals surface area contributed by atoms with Crippen molar-refractivity contribution in [3.05, 3.63) is 283 Å². The molecule has 2 heterocycles.